The molecule has 4 heteroatoms. The van der Waals surface area contributed by atoms with Gasteiger partial charge >= 0.3 is 0 Å². The van der Waals surface area contributed by atoms with Crippen LogP contribution in [0.25, 0.3) is 5.69 Å². The molecule has 0 radical (unpaired) electrons. The molecule has 0 bridgehead atoms. The van der Waals surface area contributed by atoms with Crippen LogP contribution in [0.5, 0.6) is 0 Å². The number of aromatic nitrogens is 3. The average molecular weight is 174 g/mol. The van der Waals surface area contributed by atoms with Crippen LogP contribution in [0, 0.1) is 0 Å². The van der Waals surface area contributed by atoms with Crippen LogP contribution in [-0.2, 0) is 6.54 Å². The number of nitrogens with two attached hydrogens (primary N) is 1. The van der Waals surface area contributed by atoms with Crippen molar-refractivity contribution in [2.75, 3.05) is 0 Å². The van der Waals surface area contributed by atoms with Crippen molar-refractivity contribution in [2.45, 2.75) is 6.54 Å². The molecule has 66 valence electrons. The zero-order valence-electron chi connectivity index (χ0n) is 7.09. The maximum absolute atomic E-state index is 5.56. The third-order valence-electron chi connectivity index (χ3n) is 1.84. The Labute approximate surface area is 76.1 Å². The van der Waals surface area contributed by atoms with Crippen LogP contribution in [0.1, 0.15) is 5.69 Å². The Morgan fingerprint density at radius 3 is 3.00 bits per heavy atom. The lowest BCUT2D eigenvalue weighted by atomic mass is 10.3. The third-order valence-corrected chi connectivity index (χ3v) is 1.84. The molecular weight excluding hydrogens is 164 g/mol. The first kappa shape index (κ1) is 7.94. The zero-order chi connectivity index (χ0) is 9.10. The van der Waals surface area contributed by atoms with Crippen molar-refractivity contribution in [1.82, 2.24) is 14.5 Å². The standard InChI is InChI=1S/C9H10N4/c10-6-8-9(2-1-3-12-8)13-5-4-11-7-13/h1-5,7H,6,10H2. The Morgan fingerprint density at radius 2 is 2.31 bits per heavy atom. The van der Waals surface area contributed by atoms with E-state index in [0.29, 0.717) is 6.54 Å². The maximum Gasteiger partial charge on any atom is 0.0992 e. The van der Waals surface area contributed by atoms with Crippen LogP contribution >= 0.6 is 0 Å². The molecule has 0 aliphatic rings. The molecule has 0 aliphatic carbocycles. The van der Waals surface area contributed by atoms with E-state index in [1.54, 1.807) is 18.7 Å². The average Bonchev–Trinajstić information content (AvgIpc) is 2.70. The second-order valence-electron chi connectivity index (χ2n) is 2.64. The number of imidazole rings is 1. The molecule has 0 aliphatic heterocycles. The molecule has 0 unspecified atom stereocenters. The molecule has 2 rings (SSSR count). The molecule has 2 aromatic rings. The lowest BCUT2D eigenvalue weighted by Gasteiger charge is -2.05. The van der Waals surface area contributed by atoms with Gasteiger partial charge in [0.25, 0.3) is 0 Å². The Bertz CT molecular complexity index is 380. The SMILES string of the molecule is NCc1ncccc1-n1ccnc1. The van der Waals surface area contributed by atoms with Gasteiger partial charge in [-0.1, -0.05) is 0 Å². The van der Waals surface area contributed by atoms with Crippen LogP contribution in [-0.4, -0.2) is 14.5 Å². The minimum Gasteiger partial charge on any atom is -0.325 e. The quantitative estimate of drug-likeness (QED) is 0.730. The van der Waals surface area contributed by atoms with Gasteiger partial charge < -0.3 is 10.3 Å². The van der Waals surface area contributed by atoms with Gasteiger partial charge in [0.15, 0.2) is 0 Å². The normalized spacial score (nSPS) is 10.2. The highest BCUT2D eigenvalue weighted by Gasteiger charge is 2.01. The highest BCUT2D eigenvalue weighted by Crippen LogP contribution is 2.09. The second-order valence-corrected chi connectivity index (χ2v) is 2.64. The van der Waals surface area contributed by atoms with Crippen molar-refractivity contribution < 1.29 is 0 Å². The summed E-state index contributed by atoms with van der Waals surface area (Å²) in [5, 5.41) is 0. The molecular formula is C9H10N4. The summed E-state index contributed by atoms with van der Waals surface area (Å²) in [6.07, 6.45) is 7.07. The van der Waals surface area contributed by atoms with Crippen LogP contribution in [0.2, 0.25) is 0 Å². The van der Waals surface area contributed by atoms with Crippen molar-refractivity contribution in [3.05, 3.63) is 42.7 Å². The molecule has 0 saturated heterocycles. The number of hydrogen-bond acceptors (Lipinski definition) is 3. The third kappa shape index (κ3) is 1.43. The van der Waals surface area contributed by atoms with Gasteiger partial charge in [0.05, 0.1) is 17.7 Å². The first-order valence-electron chi connectivity index (χ1n) is 4.04. The molecule has 0 aromatic carbocycles. The van der Waals surface area contributed by atoms with Gasteiger partial charge in [-0.3, -0.25) is 4.98 Å². The van der Waals surface area contributed by atoms with Crippen molar-refractivity contribution in [3.8, 4) is 5.69 Å². The fourth-order valence-corrected chi connectivity index (χ4v) is 1.22. The Morgan fingerprint density at radius 1 is 1.38 bits per heavy atom. The largest absolute Gasteiger partial charge is 0.325 e. The van der Waals surface area contributed by atoms with E-state index in [0.717, 1.165) is 11.4 Å². The monoisotopic (exact) mass is 174 g/mol. The Kier molecular flexibility index (Phi) is 2.06. The summed E-state index contributed by atoms with van der Waals surface area (Å²) in [7, 11) is 0. The predicted molar refractivity (Wildman–Crippen MR) is 49.3 cm³/mol. The molecule has 4 nitrogen and oxygen atoms in total. The second kappa shape index (κ2) is 3.37. The highest BCUT2D eigenvalue weighted by molar-refractivity contribution is 5.35. The molecule has 13 heavy (non-hydrogen) atoms. The Hall–Kier alpha value is -1.68. The molecule has 0 saturated carbocycles. The fourth-order valence-electron chi connectivity index (χ4n) is 1.22. The fraction of sp³-hybridized carbons (Fsp3) is 0.111. The van der Waals surface area contributed by atoms with Gasteiger partial charge in [0.1, 0.15) is 0 Å². The number of pyridine rings is 1. The summed E-state index contributed by atoms with van der Waals surface area (Å²) in [5.74, 6) is 0. The molecule has 2 N–H and O–H groups in total. The lowest BCUT2D eigenvalue weighted by Crippen LogP contribution is -2.05. The van der Waals surface area contributed by atoms with E-state index >= 15 is 0 Å². The van der Waals surface area contributed by atoms with E-state index in [2.05, 4.69) is 9.97 Å². The minimum atomic E-state index is 0.439. The first-order valence-corrected chi connectivity index (χ1v) is 4.04. The van der Waals surface area contributed by atoms with Gasteiger partial charge in [-0.25, -0.2) is 4.98 Å². The van der Waals surface area contributed by atoms with Crippen LogP contribution < -0.4 is 5.73 Å². The Balaban J connectivity index is 2.51. The van der Waals surface area contributed by atoms with E-state index in [1.807, 2.05) is 22.9 Å². The summed E-state index contributed by atoms with van der Waals surface area (Å²) >= 11 is 0. The van der Waals surface area contributed by atoms with Crippen LogP contribution in [0.15, 0.2) is 37.1 Å². The van der Waals surface area contributed by atoms with E-state index < -0.39 is 0 Å². The summed E-state index contributed by atoms with van der Waals surface area (Å²) in [6.45, 7) is 0.439. The van der Waals surface area contributed by atoms with Gasteiger partial charge in [0.2, 0.25) is 0 Å². The molecule has 0 spiro atoms. The molecule has 2 heterocycles. The van der Waals surface area contributed by atoms with Gasteiger partial charge in [0, 0.05) is 25.1 Å². The topological polar surface area (TPSA) is 56.7 Å². The smallest absolute Gasteiger partial charge is 0.0992 e. The van der Waals surface area contributed by atoms with Gasteiger partial charge in [-0.2, -0.15) is 0 Å². The van der Waals surface area contributed by atoms with Gasteiger partial charge in [-0.05, 0) is 12.1 Å². The highest BCUT2D eigenvalue weighted by atomic mass is 15.0. The van der Waals surface area contributed by atoms with Gasteiger partial charge in [-0.15, -0.1) is 0 Å². The predicted octanol–water partition coefficient (Wildman–Crippen LogP) is 0.726. The maximum atomic E-state index is 5.56. The van der Waals surface area contributed by atoms with E-state index in [1.165, 1.54) is 0 Å². The summed E-state index contributed by atoms with van der Waals surface area (Å²) in [6, 6.07) is 3.85. The number of nitrogens with zero attached hydrogens (tertiary/aromatic N) is 3. The van der Waals surface area contributed by atoms with Crippen molar-refractivity contribution in [2.24, 2.45) is 5.73 Å². The summed E-state index contributed by atoms with van der Waals surface area (Å²) < 4.78 is 1.90. The van der Waals surface area contributed by atoms with E-state index in [-0.39, 0.29) is 0 Å². The van der Waals surface area contributed by atoms with Crippen molar-refractivity contribution in [1.29, 1.82) is 0 Å². The van der Waals surface area contributed by atoms with Crippen LogP contribution in [0.3, 0.4) is 0 Å². The summed E-state index contributed by atoms with van der Waals surface area (Å²) in [4.78, 5) is 8.15. The first-order chi connectivity index (χ1) is 6.42. The van der Waals surface area contributed by atoms with E-state index in [4.69, 9.17) is 5.73 Å². The van der Waals surface area contributed by atoms with E-state index in [9.17, 15) is 0 Å². The van der Waals surface area contributed by atoms with Crippen LogP contribution in [0.4, 0.5) is 0 Å². The van der Waals surface area contributed by atoms with Crippen molar-refractivity contribution >= 4 is 0 Å². The number of rotatable bonds is 2. The lowest BCUT2D eigenvalue weighted by molar-refractivity contribution is 0.929. The summed E-state index contributed by atoms with van der Waals surface area (Å²) in [5.41, 5.74) is 7.42. The van der Waals surface area contributed by atoms with Crippen molar-refractivity contribution in [3.63, 3.8) is 0 Å². The number of hydrogen-bond donors (Lipinski definition) is 1. The molecule has 0 fully saturated rings. The zero-order valence-corrected chi connectivity index (χ0v) is 7.09. The minimum absolute atomic E-state index is 0.439. The molecule has 0 amide bonds. The molecule has 0 atom stereocenters. The molecule has 2 aromatic heterocycles.